The van der Waals surface area contributed by atoms with Crippen LogP contribution in [0.15, 0.2) is 18.2 Å². The van der Waals surface area contributed by atoms with Gasteiger partial charge in [-0.2, -0.15) is 0 Å². The summed E-state index contributed by atoms with van der Waals surface area (Å²) in [6, 6.07) is 4.88. The summed E-state index contributed by atoms with van der Waals surface area (Å²) in [5.41, 5.74) is 1.13. The van der Waals surface area contributed by atoms with E-state index in [0.717, 1.165) is 11.8 Å². The molecule has 0 aromatic heterocycles. The Morgan fingerprint density at radius 1 is 1.40 bits per heavy atom. The minimum atomic E-state index is -1.05. The molecule has 0 saturated carbocycles. The van der Waals surface area contributed by atoms with Crippen molar-refractivity contribution in [2.45, 2.75) is 32.2 Å². The smallest absolute Gasteiger partial charge is 0.185 e. The Kier molecular flexibility index (Phi) is 7.01. The van der Waals surface area contributed by atoms with Gasteiger partial charge in [0.05, 0.1) is 19.8 Å². The Hall–Kier alpha value is -1.08. The number of rotatable bonds is 7. The average molecular weight is 300 g/mol. The number of benzene rings is 1. The van der Waals surface area contributed by atoms with Crippen LogP contribution in [-0.2, 0) is 11.4 Å². The van der Waals surface area contributed by atoms with Crippen molar-refractivity contribution in [2.75, 3.05) is 12.9 Å². The molecule has 112 valence electrons. The van der Waals surface area contributed by atoms with E-state index in [0.29, 0.717) is 29.1 Å². The first-order valence-corrected chi connectivity index (χ1v) is 7.25. The normalized spacial score (nSPS) is 13.8. The van der Waals surface area contributed by atoms with Crippen molar-refractivity contribution in [3.8, 4) is 5.75 Å². The summed E-state index contributed by atoms with van der Waals surface area (Å²) in [7, 11) is 1.48. The lowest BCUT2D eigenvalue weighted by atomic mass is 10.0. The van der Waals surface area contributed by atoms with Crippen molar-refractivity contribution in [3.05, 3.63) is 29.3 Å². The van der Waals surface area contributed by atoms with Crippen molar-refractivity contribution in [2.24, 2.45) is 0 Å². The van der Waals surface area contributed by atoms with Gasteiger partial charge in [-0.3, -0.25) is 4.79 Å². The average Bonchev–Trinajstić information content (AvgIpc) is 2.45. The van der Waals surface area contributed by atoms with Crippen LogP contribution < -0.4 is 4.74 Å². The summed E-state index contributed by atoms with van der Waals surface area (Å²) in [6.45, 7) is 1.31. The first-order valence-electron chi connectivity index (χ1n) is 6.26. The number of hydrogen-bond donors (Lipinski definition) is 3. The van der Waals surface area contributed by atoms with Crippen molar-refractivity contribution in [1.82, 2.24) is 0 Å². The molecule has 0 aliphatic rings. The van der Waals surface area contributed by atoms with E-state index < -0.39 is 12.2 Å². The van der Waals surface area contributed by atoms with Crippen LogP contribution in [0.5, 0.6) is 5.75 Å². The van der Waals surface area contributed by atoms with Gasteiger partial charge in [0.15, 0.2) is 5.12 Å². The number of ether oxygens (including phenoxy) is 1. The van der Waals surface area contributed by atoms with Gasteiger partial charge in [-0.25, -0.2) is 0 Å². The van der Waals surface area contributed by atoms with Crippen molar-refractivity contribution in [3.63, 3.8) is 0 Å². The molecule has 3 N–H and O–H groups in total. The fourth-order valence-corrected chi connectivity index (χ4v) is 2.43. The predicted octanol–water partition coefficient (Wildman–Crippen LogP) is 1.25. The van der Waals surface area contributed by atoms with E-state index in [1.54, 1.807) is 18.2 Å². The van der Waals surface area contributed by atoms with E-state index in [-0.39, 0.29) is 11.7 Å². The number of hydrogen-bond acceptors (Lipinski definition) is 6. The van der Waals surface area contributed by atoms with Crippen LogP contribution in [-0.4, -0.2) is 39.4 Å². The third-order valence-corrected chi connectivity index (χ3v) is 3.75. The molecule has 5 nitrogen and oxygen atoms in total. The Labute approximate surface area is 122 Å². The van der Waals surface area contributed by atoms with Gasteiger partial charge in [0, 0.05) is 18.2 Å². The van der Waals surface area contributed by atoms with E-state index in [1.807, 2.05) is 0 Å². The van der Waals surface area contributed by atoms with Gasteiger partial charge in [0.25, 0.3) is 0 Å². The van der Waals surface area contributed by atoms with Crippen molar-refractivity contribution < 1.29 is 24.9 Å². The number of aliphatic hydroxyl groups is 3. The molecule has 2 atom stereocenters. The zero-order valence-electron chi connectivity index (χ0n) is 11.6. The van der Waals surface area contributed by atoms with E-state index in [9.17, 15) is 15.0 Å². The molecule has 0 heterocycles. The van der Waals surface area contributed by atoms with E-state index in [1.165, 1.54) is 14.0 Å². The predicted molar refractivity (Wildman–Crippen MR) is 77.6 cm³/mol. The van der Waals surface area contributed by atoms with Crippen LogP contribution in [0.4, 0.5) is 0 Å². The van der Waals surface area contributed by atoms with E-state index >= 15 is 0 Å². The van der Waals surface area contributed by atoms with Crippen LogP contribution >= 0.6 is 11.8 Å². The van der Waals surface area contributed by atoms with E-state index in [4.69, 9.17) is 9.84 Å². The van der Waals surface area contributed by atoms with Crippen LogP contribution in [0.25, 0.3) is 0 Å². The lowest BCUT2D eigenvalue weighted by molar-refractivity contribution is -0.109. The first kappa shape index (κ1) is 17.0. The molecule has 20 heavy (non-hydrogen) atoms. The Balaban J connectivity index is 2.70. The standard InChI is InChI=1S/C14H20O5S/c1-9(16)20-6-5-12(17)14(18)10-3-4-11(8-15)13(7-10)19-2/h3-4,7,12,14-15,17-18H,5-6,8H2,1-2H3. The van der Waals surface area contributed by atoms with Gasteiger partial charge in [-0.05, 0) is 18.1 Å². The minimum absolute atomic E-state index is 0.0133. The van der Waals surface area contributed by atoms with Gasteiger partial charge in [-0.15, -0.1) is 0 Å². The SMILES string of the molecule is COc1cc(C(O)C(O)CCSC(C)=O)ccc1CO. The number of aliphatic hydroxyl groups excluding tert-OH is 3. The molecular formula is C14H20O5S. The molecule has 0 saturated heterocycles. The number of carbonyl (C=O) groups is 1. The molecular weight excluding hydrogens is 280 g/mol. The Bertz CT molecular complexity index is 449. The molecule has 1 rings (SSSR count). The first-order chi connectivity index (χ1) is 9.49. The van der Waals surface area contributed by atoms with Crippen molar-refractivity contribution >= 4 is 16.9 Å². The molecule has 0 aliphatic carbocycles. The Morgan fingerprint density at radius 2 is 2.10 bits per heavy atom. The molecule has 0 amide bonds. The molecule has 2 unspecified atom stereocenters. The Morgan fingerprint density at radius 3 is 2.65 bits per heavy atom. The van der Waals surface area contributed by atoms with Gasteiger partial charge in [-0.1, -0.05) is 23.9 Å². The van der Waals surface area contributed by atoms with Crippen LogP contribution in [0.1, 0.15) is 30.6 Å². The highest BCUT2D eigenvalue weighted by Crippen LogP contribution is 2.27. The third-order valence-electron chi connectivity index (χ3n) is 2.91. The maximum Gasteiger partial charge on any atom is 0.185 e. The second kappa shape index (κ2) is 8.26. The van der Waals surface area contributed by atoms with Gasteiger partial charge >= 0.3 is 0 Å². The van der Waals surface area contributed by atoms with Crippen molar-refractivity contribution in [1.29, 1.82) is 0 Å². The monoisotopic (exact) mass is 300 g/mol. The number of carbonyl (C=O) groups excluding carboxylic acids is 1. The second-order valence-corrected chi connectivity index (χ2v) is 5.64. The quantitative estimate of drug-likeness (QED) is 0.702. The van der Waals surface area contributed by atoms with Crippen LogP contribution in [0.2, 0.25) is 0 Å². The van der Waals surface area contributed by atoms with Gasteiger partial charge in [0.1, 0.15) is 11.9 Å². The largest absolute Gasteiger partial charge is 0.496 e. The molecule has 1 aromatic carbocycles. The zero-order chi connectivity index (χ0) is 15.1. The fraction of sp³-hybridized carbons (Fsp3) is 0.500. The lowest BCUT2D eigenvalue weighted by Gasteiger charge is -2.19. The summed E-state index contributed by atoms with van der Waals surface area (Å²) >= 11 is 1.12. The minimum Gasteiger partial charge on any atom is -0.496 e. The summed E-state index contributed by atoms with van der Waals surface area (Å²) in [5, 5.41) is 29.1. The number of methoxy groups -OCH3 is 1. The second-order valence-electron chi connectivity index (χ2n) is 4.37. The zero-order valence-corrected chi connectivity index (χ0v) is 12.4. The third kappa shape index (κ3) is 4.79. The molecule has 0 bridgehead atoms. The molecule has 0 fully saturated rings. The van der Waals surface area contributed by atoms with E-state index in [2.05, 4.69) is 0 Å². The molecule has 0 aliphatic heterocycles. The molecule has 6 heteroatoms. The topological polar surface area (TPSA) is 87.0 Å². The highest BCUT2D eigenvalue weighted by Gasteiger charge is 2.19. The molecule has 0 spiro atoms. The van der Waals surface area contributed by atoms with Gasteiger partial charge in [0.2, 0.25) is 0 Å². The van der Waals surface area contributed by atoms with Crippen LogP contribution in [0, 0.1) is 0 Å². The highest BCUT2D eigenvalue weighted by molar-refractivity contribution is 8.13. The summed E-state index contributed by atoms with van der Waals surface area (Å²) in [5.74, 6) is 0.925. The van der Waals surface area contributed by atoms with Gasteiger partial charge < -0.3 is 20.1 Å². The maximum absolute atomic E-state index is 10.8. The highest BCUT2D eigenvalue weighted by atomic mass is 32.2. The fourth-order valence-electron chi connectivity index (χ4n) is 1.78. The summed E-state index contributed by atoms with van der Waals surface area (Å²) in [6.07, 6.45) is -1.69. The number of thioether (sulfide) groups is 1. The maximum atomic E-state index is 10.8. The molecule has 1 aromatic rings. The van der Waals surface area contributed by atoms with Crippen LogP contribution in [0.3, 0.4) is 0 Å². The summed E-state index contributed by atoms with van der Waals surface area (Å²) < 4.78 is 5.12. The molecule has 0 radical (unpaired) electrons. The lowest BCUT2D eigenvalue weighted by Crippen LogP contribution is -2.19. The summed E-state index contributed by atoms with van der Waals surface area (Å²) in [4.78, 5) is 10.8.